The van der Waals surface area contributed by atoms with Gasteiger partial charge in [0.05, 0.1) is 12.4 Å². The highest BCUT2D eigenvalue weighted by molar-refractivity contribution is 6.04. The Morgan fingerprint density at radius 1 is 1.22 bits per heavy atom. The first kappa shape index (κ1) is 22.0. The molecule has 7 heteroatoms. The number of carbonyl (C=O) groups excluding carboxylic acids is 2. The average Bonchev–Trinajstić information content (AvgIpc) is 2.36. The van der Waals surface area contributed by atoms with Crippen LogP contribution in [0.25, 0.3) is 0 Å². The maximum atomic E-state index is 9.93. The molecule has 0 aliphatic carbocycles. The maximum absolute atomic E-state index is 9.93. The van der Waals surface area contributed by atoms with Crippen LogP contribution in [0.4, 0.5) is 0 Å². The quantitative estimate of drug-likeness (QED) is 0.311. The lowest BCUT2D eigenvalue weighted by Crippen LogP contribution is -1.98. The van der Waals surface area contributed by atoms with Gasteiger partial charge in [-0.05, 0) is 13.8 Å². The third-order valence-electron chi connectivity index (χ3n) is 1.36. The fourth-order valence-corrected chi connectivity index (χ4v) is 0.453. The zero-order chi connectivity index (χ0) is 15.0. The van der Waals surface area contributed by atoms with E-state index < -0.39 is 0 Å². The van der Waals surface area contributed by atoms with Crippen LogP contribution in [-0.2, 0) is 23.2 Å². The number of ether oxygens (including phenoxy) is 1. The van der Waals surface area contributed by atoms with E-state index in [1.165, 1.54) is 20.1 Å². The highest BCUT2D eigenvalue weighted by Gasteiger charge is 1.82. The van der Waals surface area contributed by atoms with Crippen molar-refractivity contribution in [3.05, 3.63) is 25.0 Å². The van der Waals surface area contributed by atoms with Gasteiger partial charge in [-0.1, -0.05) is 12.2 Å². The van der Waals surface area contributed by atoms with E-state index in [0.29, 0.717) is 10.5 Å². The molecule has 0 aromatic rings. The molecule has 18 heavy (non-hydrogen) atoms. The molecule has 0 rings (SSSR count). The van der Waals surface area contributed by atoms with Crippen molar-refractivity contribution >= 4 is 32.9 Å². The van der Waals surface area contributed by atoms with E-state index in [2.05, 4.69) is 15.7 Å². The largest absolute Gasteiger partial charge is 0.529 e. The molecule has 1 unspecified atom stereocenters. The Balaban J connectivity index is -0.000000190. The number of hydrogen-bond acceptors (Lipinski definition) is 5. The maximum Gasteiger partial charge on any atom is 0.307 e. The van der Waals surface area contributed by atoms with Gasteiger partial charge in [0.15, 0.2) is 0 Å². The lowest BCUT2D eigenvalue weighted by molar-refractivity contribution is -0.135. The van der Waals surface area contributed by atoms with Crippen LogP contribution in [-0.4, -0.2) is 39.0 Å². The van der Waals surface area contributed by atoms with Crippen LogP contribution >= 0.6 is 0 Å². The van der Waals surface area contributed by atoms with Crippen LogP contribution in [0.15, 0.2) is 25.0 Å². The van der Waals surface area contributed by atoms with Gasteiger partial charge in [-0.15, -0.1) is 6.58 Å². The van der Waals surface area contributed by atoms with Crippen molar-refractivity contribution in [2.45, 2.75) is 33.8 Å². The standard InChI is InChI=1S/C5H8O2.C4H10OSi.C2H6O2Si/c1-3-4-7-5(2)6;1-3-4(2)5-6;1-2(3)4-5/h3-4H,1-2H3;3-4H,1H2,2,6H3;1,5H3. The lowest BCUT2D eigenvalue weighted by atomic mass is 10.4. The Morgan fingerprint density at radius 2 is 1.67 bits per heavy atom. The Bertz CT molecular complexity index is 254. The summed E-state index contributed by atoms with van der Waals surface area (Å²) in [6.07, 6.45) is 5.05. The zero-order valence-electron chi connectivity index (χ0n) is 12.1. The minimum atomic E-state index is -0.280. The first-order valence-corrected chi connectivity index (χ1v) is 6.97. The van der Waals surface area contributed by atoms with Crippen LogP contribution < -0.4 is 0 Å². The van der Waals surface area contributed by atoms with Gasteiger partial charge >= 0.3 is 5.97 Å². The Hall–Kier alpha value is -1.19. The summed E-state index contributed by atoms with van der Waals surface area (Å²) in [5, 5.41) is 0. The molecular weight excluding hydrogens is 268 g/mol. The molecule has 0 saturated carbocycles. The summed E-state index contributed by atoms with van der Waals surface area (Å²) < 4.78 is 13.5. The Morgan fingerprint density at radius 3 is 1.72 bits per heavy atom. The molecule has 0 aromatic carbocycles. The van der Waals surface area contributed by atoms with E-state index in [1.54, 1.807) is 19.1 Å². The monoisotopic (exact) mass is 292 g/mol. The Kier molecular flexibility index (Phi) is 22.3. The molecule has 0 aliphatic rings. The fraction of sp³-hybridized carbons (Fsp3) is 0.455. The molecule has 0 radical (unpaired) electrons. The van der Waals surface area contributed by atoms with Crippen molar-refractivity contribution in [3.63, 3.8) is 0 Å². The lowest BCUT2D eigenvalue weighted by Gasteiger charge is -1.98. The van der Waals surface area contributed by atoms with Crippen LogP contribution in [0.3, 0.4) is 0 Å². The molecule has 106 valence electrons. The minimum absolute atomic E-state index is 0.184. The number of hydrogen-bond donors (Lipinski definition) is 0. The summed E-state index contributed by atoms with van der Waals surface area (Å²) >= 11 is 0. The molecule has 1 atom stereocenters. The molecule has 0 heterocycles. The smallest absolute Gasteiger partial charge is 0.307 e. The summed E-state index contributed by atoms with van der Waals surface area (Å²) in [6.45, 7) is 10.0. The molecule has 0 aliphatic heterocycles. The summed E-state index contributed by atoms with van der Waals surface area (Å²) in [6, 6.07) is 0. The number of carbonyl (C=O) groups is 2. The zero-order valence-corrected chi connectivity index (χ0v) is 16.1. The van der Waals surface area contributed by atoms with Gasteiger partial charge in [-0.2, -0.15) is 0 Å². The first-order valence-electron chi connectivity index (χ1n) is 5.33. The second kappa shape index (κ2) is 18.2. The van der Waals surface area contributed by atoms with E-state index >= 15 is 0 Å². The van der Waals surface area contributed by atoms with Gasteiger partial charge in [-0.25, -0.2) is 0 Å². The minimum Gasteiger partial charge on any atom is -0.529 e. The van der Waals surface area contributed by atoms with Gasteiger partial charge in [0.1, 0.15) is 10.5 Å². The molecule has 0 amide bonds. The van der Waals surface area contributed by atoms with E-state index in [9.17, 15) is 9.59 Å². The second-order valence-corrected chi connectivity index (χ2v) is 3.83. The van der Waals surface area contributed by atoms with E-state index in [1.807, 2.05) is 6.92 Å². The highest BCUT2D eigenvalue weighted by atomic mass is 28.2. The SMILES string of the molecule is C=CC(C)O[SiH3].CC(=O)O[SiH3].CC=COC(C)=O. The number of rotatable bonds is 3. The third kappa shape index (κ3) is 36.4. The first-order chi connectivity index (χ1) is 8.35. The molecule has 5 nitrogen and oxygen atoms in total. The van der Waals surface area contributed by atoms with Crippen molar-refractivity contribution in [1.82, 2.24) is 0 Å². The van der Waals surface area contributed by atoms with Crippen LogP contribution in [0.5, 0.6) is 0 Å². The molecule has 0 saturated heterocycles. The van der Waals surface area contributed by atoms with Crippen LogP contribution in [0.1, 0.15) is 27.7 Å². The highest BCUT2D eigenvalue weighted by Crippen LogP contribution is 1.82. The Labute approximate surface area is 115 Å². The number of allylic oxidation sites excluding steroid dienone is 1. The molecule has 0 N–H and O–H groups in total. The summed E-state index contributed by atoms with van der Waals surface area (Å²) in [7, 11) is 1.34. The average molecular weight is 292 g/mol. The third-order valence-corrected chi connectivity index (χ3v) is 2.68. The molecule has 0 fully saturated rings. The second-order valence-electron chi connectivity index (χ2n) is 2.95. The van der Waals surface area contributed by atoms with Crippen molar-refractivity contribution in [2.24, 2.45) is 0 Å². The normalized spacial score (nSPS) is 10.4. The molecule has 0 aromatic heterocycles. The van der Waals surface area contributed by atoms with Gasteiger partial charge < -0.3 is 13.6 Å². The van der Waals surface area contributed by atoms with Gasteiger partial charge in [0.2, 0.25) is 10.5 Å². The topological polar surface area (TPSA) is 61.8 Å². The predicted molar refractivity (Wildman–Crippen MR) is 79.0 cm³/mol. The van der Waals surface area contributed by atoms with Gasteiger partial charge in [-0.3, -0.25) is 9.59 Å². The summed E-state index contributed by atoms with van der Waals surface area (Å²) in [5.41, 5.74) is 0. The van der Waals surface area contributed by atoms with E-state index in [-0.39, 0.29) is 18.0 Å². The van der Waals surface area contributed by atoms with E-state index in [0.717, 1.165) is 10.5 Å². The molecule has 0 bridgehead atoms. The van der Waals surface area contributed by atoms with Crippen molar-refractivity contribution < 1.29 is 23.2 Å². The van der Waals surface area contributed by atoms with E-state index in [4.69, 9.17) is 4.43 Å². The van der Waals surface area contributed by atoms with Gasteiger partial charge in [0, 0.05) is 13.8 Å². The number of esters is 1. The summed E-state index contributed by atoms with van der Waals surface area (Å²) in [5.74, 6) is -0.463. The predicted octanol–water partition coefficient (Wildman–Crippen LogP) is -0.229. The molecular formula is C11H24O5Si2. The van der Waals surface area contributed by atoms with Crippen LogP contribution in [0.2, 0.25) is 0 Å². The van der Waals surface area contributed by atoms with Gasteiger partial charge in [0.25, 0.3) is 5.97 Å². The van der Waals surface area contributed by atoms with Crippen LogP contribution in [0, 0.1) is 0 Å². The summed E-state index contributed by atoms with van der Waals surface area (Å²) in [4.78, 5) is 19.6. The van der Waals surface area contributed by atoms with Crippen molar-refractivity contribution in [2.75, 3.05) is 0 Å². The van der Waals surface area contributed by atoms with Crippen molar-refractivity contribution in [3.8, 4) is 0 Å². The molecule has 0 spiro atoms. The van der Waals surface area contributed by atoms with Crippen molar-refractivity contribution in [1.29, 1.82) is 0 Å². The fourth-order valence-electron chi connectivity index (χ4n) is 0.260.